The zero-order valence-corrected chi connectivity index (χ0v) is 19.5. The summed E-state index contributed by atoms with van der Waals surface area (Å²) < 4.78 is 13.5. The molecule has 4 N–H and O–H groups in total. The molecule has 0 bridgehead atoms. The average Bonchev–Trinajstić information content (AvgIpc) is 2.81. The summed E-state index contributed by atoms with van der Waals surface area (Å²) in [4.78, 5) is 21.1. The van der Waals surface area contributed by atoms with Gasteiger partial charge in [-0.05, 0) is 57.9 Å². The van der Waals surface area contributed by atoms with E-state index in [9.17, 15) is 9.18 Å². The zero-order valence-electron chi connectivity index (χ0n) is 19.5. The summed E-state index contributed by atoms with van der Waals surface area (Å²) in [7, 11) is 1.78. The number of aromatic nitrogens is 2. The van der Waals surface area contributed by atoms with Gasteiger partial charge in [-0.25, -0.2) is 9.37 Å². The second-order valence-electron chi connectivity index (χ2n) is 8.37. The predicted octanol–water partition coefficient (Wildman–Crippen LogP) is 3.82. The zero-order chi connectivity index (χ0) is 23.6. The number of hydrogen-bond acceptors (Lipinski definition) is 6. The highest BCUT2D eigenvalue weighted by Gasteiger charge is 2.23. The Balaban J connectivity index is 1.71. The van der Waals surface area contributed by atoms with E-state index >= 15 is 0 Å². The first-order chi connectivity index (χ1) is 16.0. The molecule has 1 aliphatic rings. The van der Waals surface area contributed by atoms with Crippen LogP contribution >= 0.6 is 0 Å². The second kappa shape index (κ2) is 12.2. The molecule has 8 heteroatoms. The molecule has 3 atom stereocenters. The summed E-state index contributed by atoms with van der Waals surface area (Å²) in [6.45, 7) is 4.69. The Morgan fingerprint density at radius 3 is 2.94 bits per heavy atom. The number of benzene rings is 1. The van der Waals surface area contributed by atoms with Gasteiger partial charge in [0.2, 0.25) is 11.9 Å². The maximum absolute atomic E-state index is 13.5. The van der Waals surface area contributed by atoms with Crippen LogP contribution in [0.15, 0.2) is 30.5 Å². The molecule has 0 spiro atoms. The number of rotatable bonds is 8. The van der Waals surface area contributed by atoms with Crippen molar-refractivity contribution >= 4 is 23.4 Å². The molecule has 1 fully saturated rings. The van der Waals surface area contributed by atoms with E-state index in [0.717, 1.165) is 44.2 Å². The molecule has 0 aliphatic heterocycles. The molecule has 1 amide bonds. The van der Waals surface area contributed by atoms with Crippen LogP contribution in [0.4, 0.5) is 21.8 Å². The molecule has 0 saturated heterocycles. The van der Waals surface area contributed by atoms with Gasteiger partial charge in [-0.2, -0.15) is 4.98 Å². The van der Waals surface area contributed by atoms with Gasteiger partial charge in [0.25, 0.3) is 0 Å². The fraction of sp³-hybridized carbons (Fsp3) is 0.480. The van der Waals surface area contributed by atoms with Crippen LogP contribution < -0.4 is 21.3 Å². The lowest BCUT2D eigenvalue weighted by molar-refractivity contribution is -0.123. The molecule has 33 heavy (non-hydrogen) atoms. The summed E-state index contributed by atoms with van der Waals surface area (Å²) in [5.41, 5.74) is 1.31. The number of nitrogens with one attached hydrogen (secondary N) is 4. The maximum atomic E-state index is 13.5. The standard InChI is InChI=1S/C25H33FN6O/c1-4-13-28-23-19(16-29-25(32-23)31-22-10-6-8-20(26)15-22)12-11-18-7-5-9-21(14-18)30-24(33)17(2)27-3/h6,8,10,15-18,21,27H,4-5,7,9,13-14H2,1-3H3,(H,30,33)(H2,28,29,31,32)/t17-,18-,21-/m0/s1. The maximum Gasteiger partial charge on any atom is 0.237 e. The molecular weight excluding hydrogens is 419 g/mol. The van der Waals surface area contributed by atoms with E-state index < -0.39 is 0 Å². The normalized spacial score (nSPS) is 18.5. The van der Waals surface area contributed by atoms with E-state index in [1.807, 2.05) is 6.92 Å². The Morgan fingerprint density at radius 1 is 1.33 bits per heavy atom. The van der Waals surface area contributed by atoms with Gasteiger partial charge >= 0.3 is 0 Å². The number of anilines is 3. The van der Waals surface area contributed by atoms with Crippen LogP contribution in [0.2, 0.25) is 0 Å². The van der Waals surface area contributed by atoms with Crippen molar-refractivity contribution in [2.24, 2.45) is 5.92 Å². The SMILES string of the molecule is CCCNc1nc(Nc2cccc(F)c2)ncc1C#C[C@@H]1CCC[C@H](NC(=O)[C@H](C)NC)C1. The number of halogens is 1. The third-order valence-electron chi connectivity index (χ3n) is 5.67. The van der Waals surface area contributed by atoms with E-state index in [-0.39, 0.29) is 29.7 Å². The van der Waals surface area contributed by atoms with Crippen molar-refractivity contribution in [3.05, 3.63) is 41.8 Å². The smallest absolute Gasteiger partial charge is 0.237 e. The Labute approximate surface area is 195 Å². The van der Waals surface area contributed by atoms with Crippen molar-refractivity contribution in [1.29, 1.82) is 0 Å². The van der Waals surface area contributed by atoms with Gasteiger partial charge in [-0.1, -0.05) is 31.3 Å². The minimum absolute atomic E-state index is 0.0250. The van der Waals surface area contributed by atoms with Crippen molar-refractivity contribution in [3.8, 4) is 11.8 Å². The van der Waals surface area contributed by atoms with E-state index in [4.69, 9.17) is 0 Å². The average molecular weight is 453 g/mol. The minimum atomic E-state index is -0.325. The van der Waals surface area contributed by atoms with Crippen LogP contribution in [0.25, 0.3) is 0 Å². The van der Waals surface area contributed by atoms with Crippen LogP contribution in [-0.4, -0.2) is 41.6 Å². The molecule has 176 valence electrons. The first-order valence-corrected chi connectivity index (χ1v) is 11.6. The Morgan fingerprint density at radius 2 is 2.18 bits per heavy atom. The van der Waals surface area contributed by atoms with Gasteiger partial charge < -0.3 is 21.3 Å². The molecule has 3 rings (SSSR count). The molecule has 1 aromatic heterocycles. The molecular formula is C25H33FN6O. The summed E-state index contributed by atoms with van der Waals surface area (Å²) in [6, 6.07) is 6.11. The van der Waals surface area contributed by atoms with E-state index in [0.29, 0.717) is 17.5 Å². The highest BCUT2D eigenvalue weighted by Crippen LogP contribution is 2.24. The quantitative estimate of drug-likeness (QED) is 0.455. The lowest BCUT2D eigenvalue weighted by atomic mass is 9.86. The molecule has 1 aliphatic carbocycles. The Bertz CT molecular complexity index is 1000. The van der Waals surface area contributed by atoms with Crippen molar-refractivity contribution in [1.82, 2.24) is 20.6 Å². The molecule has 1 saturated carbocycles. The third kappa shape index (κ3) is 7.43. The largest absolute Gasteiger partial charge is 0.369 e. The van der Waals surface area contributed by atoms with Crippen molar-refractivity contribution in [3.63, 3.8) is 0 Å². The van der Waals surface area contributed by atoms with Gasteiger partial charge in [0.1, 0.15) is 11.6 Å². The van der Waals surface area contributed by atoms with E-state index in [1.165, 1.54) is 12.1 Å². The molecule has 1 aromatic carbocycles. The van der Waals surface area contributed by atoms with Gasteiger partial charge in [0.05, 0.1) is 17.8 Å². The van der Waals surface area contributed by atoms with Gasteiger partial charge in [-0.3, -0.25) is 4.79 Å². The van der Waals surface area contributed by atoms with E-state index in [1.54, 1.807) is 25.4 Å². The number of likely N-dealkylation sites (N-methyl/N-ethyl adjacent to an activating group) is 1. The van der Waals surface area contributed by atoms with Crippen LogP contribution in [0.1, 0.15) is 51.5 Å². The van der Waals surface area contributed by atoms with Crippen molar-refractivity contribution in [2.45, 2.75) is 58.0 Å². The number of carbonyl (C=O) groups is 1. The molecule has 7 nitrogen and oxygen atoms in total. The van der Waals surface area contributed by atoms with Crippen molar-refractivity contribution < 1.29 is 9.18 Å². The number of carbonyl (C=O) groups excluding carboxylic acids is 1. The van der Waals surface area contributed by atoms with Crippen LogP contribution in [0.3, 0.4) is 0 Å². The summed E-state index contributed by atoms with van der Waals surface area (Å²) >= 11 is 0. The minimum Gasteiger partial charge on any atom is -0.369 e. The summed E-state index contributed by atoms with van der Waals surface area (Å²) in [6.07, 6.45) is 6.50. The fourth-order valence-corrected chi connectivity index (χ4v) is 3.70. The lowest BCUT2D eigenvalue weighted by Gasteiger charge is -2.28. The molecule has 0 unspecified atom stereocenters. The number of hydrogen-bond donors (Lipinski definition) is 4. The van der Waals surface area contributed by atoms with Crippen LogP contribution in [-0.2, 0) is 4.79 Å². The summed E-state index contributed by atoms with van der Waals surface area (Å²) in [5, 5.41) is 12.5. The number of nitrogens with zero attached hydrogens (tertiary/aromatic N) is 2. The predicted molar refractivity (Wildman–Crippen MR) is 130 cm³/mol. The van der Waals surface area contributed by atoms with Gasteiger partial charge in [-0.15, -0.1) is 0 Å². The van der Waals surface area contributed by atoms with E-state index in [2.05, 4.69) is 50.0 Å². The first kappa shape index (κ1) is 24.5. The van der Waals surface area contributed by atoms with Crippen LogP contribution in [0.5, 0.6) is 0 Å². The molecule has 1 heterocycles. The highest BCUT2D eigenvalue weighted by molar-refractivity contribution is 5.81. The summed E-state index contributed by atoms with van der Waals surface area (Å²) in [5.74, 6) is 7.56. The monoisotopic (exact) mass is 452 g/mol. The topological polar surface area (TPSA) is 91.0 Å². The Hall–Kier alpha value is -3.18. The second-order valence-corrected chi connectivity index (χ2v) is 8.37. The van der Waals surface area contributed by atoms with Gasteiger partial charge in [0, 0.05) is 24.2 Å². The Kier molecular flexibility index (Phi) is 9.02. The van der Waals surface area contributed by atoms with Crippen molar-refractivity contribution in [2.75, 3.05) is 24.2 Å². The third-order valence-corrected chi connectivity index (χ3v) is 5.67. The van der Waals surface area contributed by atoms with Crippen LogP contribution in [0, 0.1) is 23.6 Å². The fourth-order valence-electron chi connectivity index (χ4n) is 3.70. The molecule has 2 aromatic rings. The molecule has 0 radical (unpaired) electrons. The highest BCUT2D eigenvalue weighted by atomic mass is 19.1. The lowest BCUT2D eigenvalue weighted by Crippen LogP contribution is -2.46. The van der Waals surface area contributed by atoms with Gasteiger partial charge in [0.15, 0.2) is 0 Å². The first-order valence-electron chi connectivity index (χ1n) is 11.6. The number of amides is 1.